The van der Waals surface area contributed by atoms with Gasteiger partial charge in [-0.1, -0.05) is 17.7 Å². The van der Waals surface area contributed by atoms with E-state index in [2.05, 4.69) is 14.8 Å². The lowest BCUT2D eigenvalue weighted by molar-refractivity contribution is 0.0632. The number of piperazine rings is 1. The summed E-state index contributed by atoms with van der Waals surface area (Å²) in [5.41, 5.74) is 0.706. The van der Waals surface area contributed by atoms with Gasteiger partial charge in [-0.15, -0.1) is 0 Å². The second-order valence-corrected chi connectivity index (χ2v) is 11.7. The maximum Gasteiger partial charge on any atom is 0.332 e. The summed E-state index contributed by atoms with van der Waals surface area (Å²) in [6.07, 6.45) is 1.16. The Kier molecular flexibility index (Phi) is 7.79. The number of aliphatic hydroxyl groups excluding tert-OH is 1. The molecular formula is C24H34N6O5S. The molecule has 1 saturated heterocycles. The van der Waals surface area contributed by atoms with Crippen LogP contribution in [-0.2, 0) is 30.5 Å². The van der Waals surface area contributed by atoms with Crippen molar-refractivity contribution in [2.75, 3.05) is 45.0 Å². The Balaban J connectivity index is 1.26. The summed E-state index contributed by atoms with van der Waals surface area (Å²) in [5, 5.41) is 10.7. The second-order valence-electron chi connectivity index (χ2n) is 9.57. The summed E-state index contributed by atoms with van der Waals surface area (Å²) in [7, 11) is -0.0333. The number of sulfone groups is 1. The standard InChI is InChI=1S/C24H34N6O5S/c1-18-5-7-20(8-6-18)36(34,35)14-4-9-28-10-12-29(13-11-28)15-19(31)16-30-23(32)21-22(25-17-26(21)2)27(3)24(30)33/h5-8,17,19,31H,4,9-16H2,1-3H3. The van der Waals surface area contributed by atoms with Crippen LogP contribution in [0.25, 0.3) is 11.2 Å². The predicted octanol–water partition coefficient (Wildman–Crippen LogP) is -0.415. The molecule has 1 atom stereocenters. The van der Waals surface area contributed by atoms with E-state index in [4.69, 9.17) is 0 Å². The first-order valence-electron chi connectivity index (χ1n) is 12.1. The number of rotatable bonds is 9. The van der Waals surface area contributed by atoms with Gasteiger partial charge in [0.15, 0.2) is 21.0 Å². The average molecular weight is 519 g/mol. The van der Waals surface area contributed by atoms with Gasteiger partial charge < -0.3 is 14.6 Å². The van der Waals surface area contributed by atoms with Crippen LogP contribution in [0.5, 0.6) is 0 Å². The van der Waals surface area contributed by atoms with Crippen LogP contribution in [0.1, 0.15) is 12.0 Å². The van der Waals surface area contributed by atoms with E-state index in [1.807, 2.05) is 19.1 Å². The lowest BCUT2D eigenvalue weighted by Gasteiger charge is -2.35. The van der Waals surface area contributed by atoms with Crippen molar-refractivity contribution in [3.8, 4) is 0 Å². The molecule has 1 aliphatic heterocycles. The van der Waals surface area contributed by atoms with Crippen molar-refractivity contribution in [3.63, 3.8) is 0 Å². The van der Waals surface area contributed by atoms with Crippen LogP contribution in [-0.4, -0.2) is 93.1 Å². The predicted molar refractivity (Wildman–Crippen MR) is 137 cm³/mol. The Morgan fingerprint density at radius 1 is 1.00 bits per heavy atom. The smallest absolute Gasteiger partial charge is 0.332 e. The quantitative estimate of drug-likeness (QED) is 0.406. The van der Waals surface area contributed by atoms with E-state index in [1.165, 1.54) is 10.9 Å². The highest BCUT2D eigenvalue weighted by atomic mass is 32.2. The molecule has 1 N–H and O–H groups in total. The molecule has 0 amide bonds. The number of aliphatic hydroxyl groups is 1. The van der Waals surface area contributed by atoms with Gasteiger partial charge in [-0.2, -0.15) is 0 Å². The minimum Gasteiger partial charge on any atom is -0.390 e. The molecule has 3 aromatic rings. The van der Waals surface area contributed by atoms with E-state index in [0.29, 0.717) is 35.6 Å². The average Bonchev–Trinajstić information content (AvgIpc) is 3.23. The zero-order valence-electron chi connectivity index (χ0n) is 21.0. The van der Waals surface area contributed by atoms with Crippen molar-refractivity contribution in [2.24, 2.45) is 14.1 Å². The minimum atomic E-state index is -3.29. The number of aryl methyl sites for hydroxylation is 3. The van der Waals surface area contributed by atoms with Crippen molar-refractivity contribution in [1.29, 1.82) is 0 Å². The number of aromatic nitrogens is 4. The van der Waals surface area contributed by atoms with Crippen molar-refractivity contribution in [2.45, 2.75) is 30.9 Å². The normalized spacial score (nSPS) is 16.6. The summed E-state index contributed by atoms with van der Waals surface area (Å²) in [5.74, 6) is 0.111. The van der Waals surface area contributed by atoms with E-state index in [9.17, 15) is 23.1 Å². The SMILES string of the molecule is Cc1ccc(S(=O)(=O)CCCN2CCN(CC(O)Cn3c(=O)c4c(ncn4C)n(C)c3=O)CC2)cc1. The van der Waals surface area contributed by atoms with Crippen molar-refractivity contribution in [3.05, 3.63) is 57.0 Å². The lowest BCUT2D eigenvalue weighted by Crippen LogP contribution is -2.50. The van der Waals surface area contributed by atoms with Crippen LogP contribution >= 0.6 is 0 Å². The first-order valence-corrected chi connectivity index (χ1v) is 13.7. The number of benzene rings is 1. The van der Waals surface area contributed by atoms with E-state index in [1.54, 1.807) is 30.8 Å². The number of β-amino-alcohol motifs (C(OH)–C–C–N with tert-alkyl or cyclic N) is 1. The van der Waals surface area contributed by atoms with E-state index in [0.717, 1.165) is 36.3 Å². The molecule has 0 bridgehead atoms. The molecule has 2 aromatic heterocycles. The number of hydrogen-bond donors (Lipinski definition) is 1. The van der Waals surface area contributed by atoms with Crippen molar-refractivity contribution < 1.29 is 13.5 Å². The number of nitrogens with zero attached hydrogens (tertiary/aromatic N) is 6. The van der Waals surface area contributed by atoms with Crippen LogP contribution in [0.3, 0.4) is 0 Å². The highest BCUT2D eigenvalue weighted by Gasteiger charge is 2.22. The van der Waals surface area contributed by atoms with Gasteiger partial charge in [-0.05, 0) is 32.0 Å². The molecule has 4 rings (SSSR count). The third-order valence-electron chi connectivity index (χ3n) is 6.80. The highest BCUT2D eigenvalue weighted by molar-refractivity contribution is 7.91. The van der Waals surface area contributed by atoms with Crippen LogP contribution in [0.4, 0.5) is 0 Å². The Bertz CT molecular complexity index is 1430. The van der Waals surface area contributed by atoms with Crippen LogP contribution in [0, 0.1) is 6.92 Å². The van der Waals surface area contributed by atoms with Gasteiger partial charge in [-0.25, -0.2) is 18.2 Å². The Labute approximate surface area is 210 Å². The zero-order chi connectivity index (χ0) is 26.0. The first-order chi connectivity index (χ1) is 17.1. The van der Waals surface area contributed by atoms with Gasteiger partial charge in [0.05, 0.1) is 29.6 Å². The molecule has 1 fully saturated rings. The largest absolute Gasteiger partial charge is 0.390 e. The first kappa shape index (κ1) is 26.3. The van der Waals surface area contributed by atoms with Gasteiger partial charge in [0.2, 0.25) is 0 Å². The molecule has 0 saturated carbocycles. The zero-order valence-corrected chi connectivity index (χ0v) is 21.8. The van der Waals surface area contributed by atoms with E-state index in [-0.39, 0.29) is 12.3 Å². The summed E-state index contributed by atoms with van der Waals surface area (Å²) in [4.78, 5) is 34.3. The number of fused-ring (bicyclic) bond motifs is 1. The number of hydrogen-bond acceptors (Lipinski definition) is 8. The maximum absolute atomic E-state index is 12.8. The summed E-state index contributed by atoms with van der Waals surface area (Å²) < 4.78 is 29.1. The molecule has 1 aliphatic rings. The second kappa shape index (κ2) is 10.7. The van der Waals surface area contributed by atoms with Gasteiger partial charge in [-0.3, -0.25) is 18.8 Å². The Morgan fingerprint density at radius 2 is 1.64 bits per heavy atom. The number of imidazole rings is 1. The van der Waals surface area contributed by atoms with Crippen molar-refractivity contribution >= 4 is 21.0 Å². The van der Waals surface area contributed by atoms with E-state index < -0.39 is 27.2 Å². The molecule has 1 unspecified atom stereocenters. The van der Waals surface area contributed by atoms with Gasteiger partial charge in [0.1, 0.15) is 0 Å². The third kappa shape index (κ3) is 5.61. The molecule has 11 nitrogen and oxygen atoms in total. The fourth-order valence-electron chi connectivity index (χ4n) is 4.66. The summed E-state index contributed by atoms with van der Waals surface area (Å²) in [6, 6.07) is 6.94. The molecule has 12 heteroatoms. The van der Waals surface area contributed by atoms with E-state index >= 15 is 0 Å². The fourth-order valence-corrected chi connectivity index (χ4v) is 5.96. The Hall–Kier alpha value is -2.80. The lowest BCUT2D eigenvalue weighted by atomic mass is 10.2. The minimum absolute atomic E-state index is 0.0935. The van der Waals surface area contributed by atoms with Crippen LogP contribution in [0.2, 0.25) is 0 Å². The van der Waals surface area contributed by atoms with Crippen LogP contribution in [0.15, 0.2) is 45.1 Å². The molecule has 1 aromatic carbocycles. The fraction of sp³-hybridized carbons (Fsp3) is 0.542. The van der Waals surface area contributed by atoms with Gasteiger partial charge >= 0.3 is 5.69 Å². The third-order valence-corrected chi connectivity index (χ3v) is 8.61. The molecule has 36 heavy (non-hydrogen) atoms. The van der Waals surface area contributed by atoms with Gasteiger partial charge in [0.25, 0.3) is 5.56 Å². The topological polar surface area (TPSA) is 123 Å². The molecule has 0 aliphatic carbocycles. The molecular weight excluding hydrogens is 484 g/mol. The summed E-state index contributed by atoms with van der Waals surface area (Å²) >= 11 is 0. The summed E-state index contributed by atoms with van der Waals surface area (Å²) in [6.45, 7) is 5.83. The molecule has 0 spiro atoms. The van der Waals surface area contributed by atoms with Crippen molar-refractivity contribution in [1.82, 2.24) is 28.5 Å². The Morgan fingerprint density at radius 3 is 2.31 bits per heavy atom. The molecule has 196 valence electrons. The monoisotopic (exact) mass is 518 g/mol. The van der Waals surface area contributed by atoms with Crippen LogP contribution < -0.4 is 11.2 Å². The van der Waals surface area contributed by atoms with Gasteiger partial charge in [0, 0.05) is 46.8 Å². The molecule has 3 heterocycles. The highest BCUT2D eigenvalue weighted by Crippen LogP contribution is 2.14. The maximum atomic E-state index is 12.8. The molecule has 0 radical (unpaired) electrons.